The van der Waals surface area contributed by atoms with Crippen LogP contribution in [0.4, 0.5) is 5.69 Å². The Kier molecular flexibility index (Phi) is 6.37. The fraction of sp³-hybridized carbons (Fsp3) is 0.200. The van der Waals surface area contributed by atoms with Crippen LogP contribution in [0.2, 0.25) is 10.0 Å². The van der Waals surface area contributed by atoms with Gasteiger partial charge in [-0.15, -0.1) is 0 Å². The maximum absolute atomic E-state index is 11.9. The van der Waals surface area contributed by atoms with E-state index in [-0.39, 0.29) is 11.8 Å². The van der Waals surface area contributed by atoms with Crippen LogP contribution >= 0.6 is 23.2 Å². The number of hydrogen-bond acceptors (Lipinski definition) is 3. The van der Waals surface area contributed by atoms with Crippen molar-refractivity contribution in [3.8, 4) is 5.75 Å². The summed E-state index contributed by atoms with van der Waals surface area (Å²) in [6.45, 7) is 0.697. The number of fused-ring (bicyclic) bond motifs is 1. The smallest absolute Gasteiger partial charge is 0.244 e. The van der Waals surface area contributed by atoms with Gasteiger partial charge < -0.3 is 15.4 Å². The molecule has 7 heteroatoms. The predicted molar refractivity (Wildman–Crippen MR) is 107 cm³/mol. The summed E-state index contributed by atoms with van der Waals surface area (Å²) in [5, 5.41) is 6.65. The summed E-state index contributed by atoms with van der Waals surface area (Å²) >= 11 is 12.0. The Morgan fingerprint density at radius 2 is 2.04 bits per heavy atom. The summed E-state index contributed by atoms with van der Waals surface area (Å²) in [5.74, 6) is 0.495. The molecular weight excluding hydrogens is 387 g/mol. The number of rotatable bonds is 6. The van der Waals surface area contributed by atoms with Crippen molar-refractivity contribution >= 4 is 46.8 Å². The third-order valence-electron chi connectivity index (χ3n) is 4.01. The lowest BCUT2D eigenvalue weighted by atomic mass is 10.0. The normalized spacial score (nSPS) is 13.2. The number of halogens is 2. The van der Waals surface area contributed by atoms with Gasteiger partial charge in [-0.3, -0.25) is 9.59 Å². The predicted octanol–water partition coefficient (Wildman–Crippen LogP) is 4.09. The largest absolute Gasteiger partial charge is 0.492 e. The lowest BCUT2D eigenvalue weighted by Crippen LogP contribution is -2.26. The Hall–Kier alpha value is -2.50. The van der Waals surface area contributed by atoms with Crippen molar-refractivity contribution in [3.63, 3.8) is 0 Å². The minimum atomic E-state index is -0.247. The van der Waals surface area contributed by atoms with E-state index >= 15 is 0 Å². The van der Waals surface area contributed by atoms with Gasteiger partial charge in [0.2, 0.25) is 11.8 Å². The molecule has 0 radical (unpaired) electrons. The molecule has 0 saturated carbocycles. The number of carbonyl (C=O) groups excluding carboxylic acids is 2. The number of ether oxygens (including phenoxy) is 1. The van der Waals surface area contributed by atoms with Crippen LogP contribution in [-0.4, -0.2) is 25.0 Å². The number of amides is 2. The van der Waals surface area contributed by atoms with Crippen molar-refractivity contribution in [2.45, 2.75) is 12.8 Å². The topological polar surface area (TPSA) is 67.4 Å². The fourth-order valence-electron chi connectivity index (χ4n) is 2.66. The van der Waals surface area contributed by atoms with E-state index in [2.05, 4.69) is 10.6 Å². The number of benzene rings is 2. The molecule has 2 N–H and O–H groups in total. The molecule has 0 spiro atoms. The summed E-state index contributed by atoms with van der Waals surface area (Å²) in [6.07, 6.45) is 4.20. The second-order valence-electron chi connectivity index (χ2n) is 6.01. The van der Waals surface area contributed by atoms with Gasteiger partial charge in [-0.25, -0.2) is 0 Å². The molecular formula is C20H18Cl2N2O3. The maximum atomic E-state index is 11.9. The molecule has 3 rings (SSSR count). The fourth-order valence-corrected chi connectivity index (χ4v) is 3.02. The summed E-state index contributed by atoms with van der Waals surface area (Å²) in [4.78, 5) is 23.2. The Labute approximate surface area is 167 Å². The highest BCUT2D eigenvalue weighted by molar-refractivity contribution is 6.34. The molecule has 1 aliphatic rings. The van der Waals surface area contributed by atoms with Gasteiger partial charge in [0.05, 0.1) is 6.54 Å². The van der Waals surface area contributed by atoms with Crippen LogP contribution in [0.3, 0.4) is 0 Å². The van der Waals surface area contributed by atoms with Gasteiger partial charge in [-0.2, -0.15) is 0 Å². The van der Waals surface area contributed by atoms with E-state index in [1.54, 1.807) is 30.3 Å². The van der Waals surface area contributed by atoms with Gasteiger partial charge in [0.1, 0.15) is 12.4 Å². The van der Waals surface area contributed by atoms with Crippen LogP contribution in [0.5, 0.6) is 5.75 Å². The number of anilines is 1. The molecule has 0 saturated heterocycles. The zero-order chi connectivity index (χ0) is 19.2. The molecule has 1 aliphatic heterocycles. The third-order valence-corrected chi connectivity index (χ3v) is 4.59. The maximum Gasteiger partial charge on any atom is 0.244 e. The number of carbonyl (C=O) groups is 2. The van der Waals surface area contributed by atoms with Gasteiger partial charge in [0.25, 0.3) is 0 Å². The summed E-state index contributed by atoms with van der Waals surface area (Å²) in [5.41, 5.74) is 2.56. The Morgan fingerprint density at radius 3 is 2.89 bits per heavy atom. The van der Waals surface area contributed by atoms with E-state index < -0.39 is 0 Å². The van der Waals surface area contributed by atoms with Gasteiger partial charge in [-0.1, -0.05) is 23.2 Å². The quantitative estimate of drug-likeness (QED) is 0.562. The van der Waals surface area contributed by atoms with Crippen LogP contribution < -0.4 is 15.4 Å². The lowest BCUT2D eigenvalue weighted by Gasteiger charge is -2.17. The Balaban J connectivity index is 1.45. The Bertz CT molecular complexity index is 897. The van der Waals surface area contributed by atoms with Crippen molar-refractivity contribution < 1.29 is 14.3 Å². The Morgan fingerprint density at radius 1 is 1.19 bits per heavy atom. The first kappa shape index (κ1) is 19.3. The molecule has 2 aromatic rings. The molecule has 27 heavy (non-hydrogen) atoms. The molecule has 1 heterocycles. The first-order valence-electron chi connectivity index (χ1n) is 8.48. The van der Waals surface area contributed by atoms with Crippen LogP contribution in [0.15, 0.2) is 42.5 Å². The molecule has 0 bridgehead atoms. The van der Waals surface area contributed by atoms with Crippen molar-refractivity contribution in [3.05, 3.63) is 63.6 Å². The van der Waals surface area contributed by atoms with Crippen molar-refractivity contribution in [1.29, 1.82) is 0 Å². The van der Waals surface area contributed by atoms with Crippen LogP contribution in [0.25, 0.3) is 6.08 Å². The minimum Gasteiger partial charge on any atom is -0.492 e. The molecule has 0 aliphatic carbocycles. The standard InChI is InChI=1S/C20H18Cl2N2O3/c21-15-3-5-17(22)13(11-15)1-7-19(25)23-9-10-27-16-4-6-18-14(12-16)2-8-20(26)24-18/h1,3-7,11-12H,2,8-10H2,(H,23,25)(H,24,26)/b7-1+. The second kappa shape index (κ2) is 8.93. The highest BCUT2D eigenvalue weighted by Gasteiger charge is 2.14. The highest BCUT2D eigenvalue weighted by Crippen LogP contribution is 2.26. The van der Waals surface area contributed by atoms with Gasteiger partial charge >= 0.3 is 0 Å². The van der Waals surface area contributed by atoms with E-state index in [1.165, 1.54) is 6.08 Å². The average molecular weight is 405 g/mol. The molecule has 0 unspecified atom stereocenters. The molecule has 0 aromatic heterocycles. The SMILES string of the molecule is O=C(/C=C/c1cc(Cl)ccc1Cl)NCCOc1ccc2c(c1)CCC(=O)N2. The van der Waals surface area contributed by atoms with Crippen molar-refractivity contribution in [2.75, 3.05) is 18.5 Å². The van der Waals surface area contributed by atoms with E-state index in [1.807, 2.05) is 12.1 Å². The molecule has 0 fully saturated rings. The number of aryl methyl sites for hydroxylation is 1. The zero-order valence-electron chi connectivity index (χ0n) is 14.4. The first-order valence-corrected chi connectivity index (χ1v) is 9.23. The molecule has 2 amide bonds. The second-order valence-corrected chi connectivity index (χ2v) is 6.85. The van der Waals surface area contributed by atoms with Gasteiger partial charge in [0, 0.05) is 28.2 Å². The molecule has 5 nitrogen and oxygen atoms in total. The number of nitrogens with one attached hydrogen (secondary N) is 2. The monoisotopic (exact) mass is 404 g/mol. The number of hydrogen-bond donors (Lipinski definition) is 2. The van der Waals surface area contributed by atoms with Crippen LogP contribution in [-0.2, 0) is 16.0 Å². The molecule has 140 valence electrons. The summed E-state index contributed by atoms with van der Waals surface area (Å²) < 4.78 is 5.66. The summed E-state index contributed by atoms with van der Waals surface area (Å²) in [6, 6.07) is 10.6. The average Bonchev–Trinajstić information content (AvgIpc) is 2.66. The first-order chi connectivity index (χ1) is 13.0. The highest BCUT2D eigenvalue weighted by atomic mass is 35.5. The van der Waals surface area contributed by atoms with E-state index in [0.29, 0.717) is 47.4 Å². The van der Waals surface area contributed by atoms with Crippen LogP contribution in [0, 0.1) is 0 Å². The van der Waals surface area contributed by atoms with Gasteiger partial charge in [0.15, 0.2) is 0 Å². The molecule has 2 aromatic carbocycles. The third kappa shape index (κ3) is 5.49. The zero-order valence-corrected chi connectivity index (χ0v) is 15.9. The van der Waals surface area contributed by atoms with Crippen molar-refractivity contribution in [2.24, 2.45) is 0 Å². The van der Waals surface area contributed by atoms with E-state index in [9.17, 15) is 9.59 Å². The summed E-state index contributed by atoms with van der Waals surface area (Å²) in [7, 11) is 0. The van der Waals surface area contributed by atoms with E-state index in [4.69, 9.17) is 27.9 Å². The molecule has 0 atom stereocenters. The van der Waals surface area contributed by atoms with Gasteiger partial charge in [-0.05, 0) is 60.0 Å². The van der Waals surface area contributed by atoms with E-state index in [0.717, 1.165) is 11.3 Å². The van der Waals surface area contributed by atoms with Crippen molar-refractivity contribution in [1.82, 2.24) is 5.32 Å². The van der Waals surface area contributed by atoms with Crippen LogP contribution in [0.1, 0.15) is 17.5 Å². The minimum absolute atomic E-state index is 0.0333. The lowest BCUT2D eigenvalue weighted by molar-refractivity contribution is -0.117.